The summed E-state index contributed by atoms with van der Waals surface area (Å²) in [5, 5.41) is 11.0. The molecular formula is C14H13F2N5O2. The second-order valence-corrected chi connectivity index (χ2v) is 5.04. The molecule has 0 saturated carbocycles. The number of nitrogens with one attached hydrogen (secondary N) is 1. The summed E-state index contributed by atoms with van der Waals surface area (Å²) < 4.78 is 30.8. The smallest absolute Gasteiger partial charge is 0.259 e. The molecule has 0 aliphatic rings. The third-order valence-electron chi connectivity index (χ3n) is 3.28. The van der Waals surface area contributed by atoms with Gasteiger partial charge in [-0.05, 0) is 19.9 Å². The maximum absolute atomic E-state index is 12.4. The first-order valence-electron chi connectivity index (χ1n) is 6.79. The molecule has 7 nitrogen and oxygen atoms in total. The molecule has 3 aromatic rings. The zero-order chi connectivity index (χ0) is 16.6. The van der Waals surface area contributed by atoms with Crippen LogP contribution in [0.4, 0.5) is 14.5 Å². The van der Waals surface area contributed by atoms with Crippen molar-refractivity contribution < 1.29 is 18.1 Å². The van der Waals surface area contributed by atoms with Crippen molar-refractivity contribution in [3.05, 3.63) is 35.4 Å². The van der Waals surface area contributed by atoms with Crippen LogP contribution < -0.4 is 5.32 Å². The molecule has 3 rings (SSSR count). The minimum absolute atomic E-state index is 0.229. The topological polar surface area (TPSA) is 85.8 Å². The van der Waals surface area contributed by atoms with Crippen LogP contribution in [0.25, 0.3) is 11.1 Å². The Hall–Kier alpha value is -2.84. The van der Waals surface area contributed by atoms with E-state index in [-0.39, 0.29) is 5.56 Å². The molecule has 0 radical (unpaired) electrons. The molecule has 0 fully saturated rings. The highest BCUT2D eigenvalue weighted by molar-refractivity contribution is 6.05. The third kappa shape index (κ3) is 3.03. The highest BCUT2D eigenvalue weighted by Crippen LogP contribution is 2.20. The molecule has 1 N–H and O–H groups in total. The van der Waals surface area contributed by atoms with Crippen LogP contribution in [-0.4, -0.2) is 32.3 Å². The number of carbonyl (C=O) groups excluding carboxylic acids is 1. The number of rotatable bonds is 4. The van der Waals surface area contributed by atoms with E-state index in [1.165, 1.54) is 12.4 Å². The number of hydrogen-bond donors (Lipinski definition) is 1. The fourth-order valence-electron chi connectivity index (χ4n) is 2.19. The minimum atomic E-state index is -2.53. The standard InChI is InChI=1S/C14H13F2N5O2/c1-7-11(5-21(19-7)6-12(15)16)13(22)18-9-3-10-8(2)20-23-14(10)17-4-9/h3-5,12H,6H2,1-2H3,(H,18,22). The van der Waals surface area contributed by atoms with Gasteiger partial charge < -0.3 is 9.84 Å². The Kier molecular flexibility index (Phi) is 3.77. The van der Waals surface area contributed by atoms with E-state index in [4.69, 9.17) is 4.52 Å². The molecule has 3 heterocycles. The van der Waals surface area contributed by atoms with E-state index in [2.05, 4.69) is 20.6 Å². The molecule has 120 valence electrons. The fraction of sp³-hybridized carbons (Fsp3) is 0.286. The third-order valence-corrected chi connectivity index (χ3v) is 3.28. The highest BCUT2D eigenvalue weighted by atomic mass is 19.3. The summed E-state index contributed by atoms with van der Waals surface area (Å²) >= 11 is 0. The quantitative estimate of drug-likeness (QED) is 0.798. The number of aryl methyl sites for hydroxylation is 2. The lowest BCUT2D eigenvalue weighted by Gasteiger charge is -2.03. The number of hydrogen-bond acceptors (Lipinski definition) is 5. The summed E-state index contributed by atoms with van der Waals surface area (Å²) in [7, 11) is 0. The van der Waals surface area contributed by atoms with E-state index < -0.39 is 18.9 Å². The molecule has 0 atom stereocenters. The summed E-state index contributed by atoms with van der Waals surface area (Å²) in [6.45, 7) is 2.79. The second-order valence-electron chi connectivity index (χ2n) is 5.04. The molecule has 0 aliphatic carbocycles. The molecule has 0 saturated heterocycles. The number of aromatic nitrogens is 4. The molecule has 3 aromatic heterocycles. The van der Waals surface area contributed by atoms with Crippen molar-refractivity contribution in [2.75, 3.05) is 5.32 Å². The summed E-state index contributed by atoms with van der Waals surface area (Å²) in [5.74, 6) is -0.446. The first kappa shape index (κ1) is 15.1. The van der Waals surface area contributed by atoms with E-state index in [0.717, 1.165) is 4.68 Å². The van der Waals surface area contributed by atoms with Crippen LogP contribution >= 0.6 is 0 Å². The number of anilines is 1. The molecule has 0 unspecified atom stereocenters. The Bertz CT molecular complexity index is 871. The average molecular weight is 321 g/mol. The number of nitrogens with zero attached hydrogens (tertiary/aromatic N) is 4. The van der Waals surface area contributed by atoms with Crippen LogP contribution in [0.1, 0.15) is 21.7 Å². The van der Waals surface area contributed by atoms with Gasteiger partial charge in [0.05, 0.1) is 34.2 Å². The van der Waals surface area contributed by atoms with Crippen LogP contribution in [-0.2, 0) is 6.54 Å². The van der Waals surface area contributed by atoms with Gasteiger partial charge in [0.15, 0.2) is 0 Å². The van der Waals surface area contributed by atoms with Gasteiger partial charge in [0.2, 0.25) is 0 Å². The maximum Gasteiger partial charge on any atom is 0.259 e. The van der Waals surface area contributed by atoms with Gasteiger partial charge in [-0.1, -0.05) is 5.16 Å². The predicted octanol–water partition coefficient (Wildman–Crippen LogP) is 2.55. The Morgan fingerprint density at radius 3 is 2.91 bits per heavy atom. The van der Waals surface area contributed by atoms with E-state index in [1.807, 2.05) is 0 Å². The van der Waals surface area contributed by atoms with Crippen molar-refractivity contribution >= 4 is 22.7 Å². The van der Waals surface area contributed by atoms with Gasteiger partial charge in [-0.15, -0.1) is 0 Å². The van der Waals surface area contributed by atoms with Gasteiger partial charge in [-0.3, -0.25) is 9.48 Å². The molecule has 1 amide bonds. The van der Waals surface area contributed by atoms with E-state index in [9.17, 15) is 13.6 Å². The maximum atomic E-state index is 12.4. The van der Waals surface area contributed by atoms with Gasteiger partial charge in [0, 0.05) is 6.20 Å². The molecule has 0 aliphatic heterocycles. The second kappa shape index (κ2) is 5.75. The average Bonchev–Trinajstić information content (AvgIpc) is 3.02. The SMILES string of the molecule is Cc1nn(CC(F)F)cc1C(=O)Nc1cnc2onc(C)c2c1. The zero-order valence-electron chi connectivity index (χ0n) is 12.4. The van der Waals surface area contributed by atoms with Gasteiger partial charge >= 0.3 is 0 Å². The Morgan fingerprint density at radius 1 is 1.39 bits per heavy atom. The molecule has 0 spiro atoms. The number of fused-ring (bicyclic) bond motifs is 1. The highest BCUT2D eigenvalue weighted by Gasteiger charge is 2.16. The largest absolute Gasteiger partial charge is 0.336 e. The van der Waals surface area contributed by atoms with Crippen molar-refractivity contribution in [1.29, 1.82) is 0 Å². The molecule has 9 heteroatoms. The van der Waals surface area contributed by atoms with Gasteiger partial charge in [0.25, 0.3) is 18.0 Å². The lowest BCUT2D eigenvalue weighted by atomic mass is 10.2. The fourth-order valence-corrected chi connectivity index (χ4v) is 2.19. The monoisotopic (exact) mass is 321 g/mol. The molecule has 0 aromatic carbocycles. The lowest BCUT2D eigenvalue weighted by Crippen LogP contribution is -2.12. The van der Waals surface area contributed by atoms with Crippen molar-refractivity contribution in [2.45, 2.75) is 26.8 Å². The zero-order valence-corrected chi connectivity index (χ0v) is 12.4. The Morgan fingerprint density at radius 2 is 2.17 bits per heavy atom. The number of amides is 1. The number of carbonyl (C=O) groups is 1. The summed E-state index contributed by atoms with van der Waals surface area (Å²) in [4.78, 5) is 16.3. The van der Waals surface area contributed by atoms with Crippen molar-refractivity contribution in [2.24, 2.45) is 0 Å². The lowest BCUT2D eigenvalue weighted by molar-refractivity contribution is 0.102. The van der Waals surface area contributed by atoms with Gasteiger partial charge in [0.1, 0.15) is 6.54 Å². The van der Waals surface area contributed by atoms with Crippen molar-refractivity contribution in [1.82, 2.24) is 19.9 Å². The van der Waals surface area contributed by atoms with Crippen LogP contribution in [0, 0.1) is 13.8 Å². The molecule has 23 heavy (non-hydrogen) atoms. The normalized spacial score (nSPS) is 11.3. The van der Waals surface area contributed by atoms with E-state index >= 15 is 0 Å². The van der Waals surface area contributed by atoms with E-state index in [1.54, 1.807) is 19.9 Å². The molecule has 0 bridgehead atoms. The first-order valence-corrected chi connectivity index (χ1v) is 6.79. The number of pyridine rings is 1. The predicted molar refractivity (Wildman–Crippen MR) is 77.5 cm³/mol. The van der Waals surface area contributed by atoms with Crippen LogP contribution in [0.5, 0.6) is 0 Å². The Labute approximate surface area is 129 Å². The van der Waals surface area contributed by atoms with Gasteiger partial charge in [-0.2, -0.15) is 5.10 Å². The van der Waals surface area contributed by atoms with Crippen molar-refractivity contribution in [3.63, 3.8) is 0 Å². The van der Waals surface area contributed by atoms with Crippen LogP contribution in [0.15, 0.2) is 23.0 Å². The first-order chi connectivity index (χ1) is 10.9. The minimum Gasteiger partial charge on any atom is -0.336 e. The van der Waals surface area contributed by atoms with Crippen molar-refractivity contribution in [3.8, 4) is 0 Å². The summed E-state index contributed by atoms with van der Waals surface area (Å²) in [6, 6.07) is 1.69. The summed E-state index contributed by atoms with van der Waals surface area (Å²) in [6.07, 6.45) is 0.199. The van der Waals surface area contributed by atoms with Gasteiger partial charge in [-0.25, -0.2) is 13.8 Å². The summed E-state index contributed by atoms with van der Waals surface area (Å²) in [5.41, 5.74) is 2.09. The van der Waals surface area contributed by atoms with Crippen LogP contribution in [0.3, 0.4) is 0 Å². The molecular weight excluding hydrogens is 308 g/mol. The number of halogens is 2. The van der Waals surface area contributed by atoms with Crippen LogP contribution in [0.2, 0.25) is 0 Å². The number of alkyl halides is 2. The Balaban J connectivity index is 1.82. The van der Waals surface area contributed by atoms with E-state index in [0.29, 0.717) is 28.2 Å².